The summed E-state index contributed by atoms with van der Waals surface area (Å²) >= 11 is 0. The highest BCUT2D eigenvalue weighted by Crippen LogP contribution is 2.31. The number of benzene rings is 3. The van der Waals surface area contributed by atoms with Crippen molar-refractivity contribution in [1.29, 1.82) is 0 Å². The first-order valence-electron chi connectivity index (χ1n) is 17.7. The Bertz CT molecular complexity index is 1720. The monoisotopic (exact) mass is 655 g/mol. The van der Waals surface area contributed by atoms with Crippen LogP contribution in [0, 0.1) is 0 Å². The van der Waals surface area contributed by atoms with Crippen molar-refractivity contribution < 1.29 is 14.2 Å². The second-order valence-corrected chi connectivity index (χ2v) is 12.7. The zero-order valence-electron chi connectivity index (χ0n) is 29.2. The first-order chi connectivity index (χ1) is 24.1. The van der Waals surface area contributed by atoms with Crippen LogP contribution in [0.5, 0.6) is 17.2 Å². The molecule has 0 unspecified atom stereocenters. The van der Waals surface area contributed by atoms with E-state index in [9.17, 15) is 0 Å². The Morgan fingerprint density at radius 3 is 2.10 bits per heavy atom. The molecule has 0 bridgehead atoms. The van der Waals surface area contributed by atoms with E-state index in [-0.39, 0.29) is 0 Å². The summed E-state index contributed by atoms with van der Waals surface area (Å²) in [5.74, 6) is 2.69. The number of nitrogens with zero attached hydrogens (tertiary/aromatic N) is 3. The number of hydrogen-bond donors (Lipinski definition) is 0. The number of anilines is 1. The molecular weight excluding hydrogens is 606 g/mol. The molecule has 1 saturated heterocycles. The van der Waals surface area contributed by atoms with Crippen LogP contribution in [-0.4, -0.2) is 55.9 Å². The van der Waals surface area contributed by atoms with Gasteiger partial charge in [-0.15, -0.1) is 0 Å². The summed E-state index contributed by atoms with van der Waals surface area (Å²) in [4.78, 5) is 9.87. The second kappa shape index (κ2) is 17.0. The molecule has 6 rings (SSSR count). The maximum Gasteiger partial charge on any atom is 0.119 e. The number of aromatic nitrogens is 1. The summed E-state index contributed by atoms with van der Waals surface area (Å²) < 4.78 is 16.8. The third kappa shape index (κ3) is 9.21. The van der Waals surface area contributed by atoms with Crippen LogP contribution < -0.4 is 19.1 Å². The van der Waals surface area contributed by atoms with Gasteiger partial charge in [-0.1, -0.05) is 36.4 Å². The van der Waals surface area contributed by atoms with Crippen LogP contribution in [0.25, 0.3) is 16.8 Å². The first-order valence-corrected chi connectivity index (χ1v) is 17.7. The summed E-state index contributed by atoms with van der Waals surface area (Å²) in [7, 11) is 1.73. The Balaban J connectivity index is 1.16. The lowest BCUT2D eigenvalue weighted by Crippen LogP contribution is -2.45. The van der Waals surface area contributed by atoms with E-state index in [1.807, 2.05) is 32.2 Å². The van der Waals surface area contributed by atoms with Gasteiger partial charge in [0.15, 0.2) is 0 Å². The van der Waals surface area contributed by atoms with E-state index in [2.05, 4.69) is 112 Å². The first kappa shape index (κ1) is 34.1. The van der Waals surface area contributed by atoms with Crippen LogP contribution in [-0.2, 0) is 6.54 Å². The second-order valence-electron chi connectivity index (χ2n) is 12.7. The van der Waals surface area contributed by atoms with Crippen LogP contribution >= 0.6 is 0 Å². The lowest BCUT2D eigenvalue weighted by atomic mass is 9.95. The molecule has 254 valence electrons. The zero-order chi connectivity index (χ0) is 33.8. The maximum absolute atomic E-state index is 5.71. The van der Waals surface area contributed by atoms with E-state index in [1.54, 1.807) is 7.11 Å². The molecule has 6 nitrogen and oxygen atoms in total. The molecule has 49 heavy (non-hydrogen) atoms. The van der Waals surface area contributed by atoms with Gasteiger partial charge in [-0.3, -0.25) is 9.88 Å². The number of methoxy groups -OCH3 is 1. The maximum atomic E-state index is 5.71. The van der Waals surface area contributed by atoms with Crippen molar-refractivity contribution in [3.63, 3.8) is 0 Å². The van der Waals surface area contributed by atoms with Gasteiger partial charge in [-0.25, -0.2) is 0 Å². The molecule has 0 N–H and O–H groups in total. The molecule has 1 aliphatic carbocycles. The van der Waals surface area contributed by atoms with Crippen LogP contribution in [0.1, 0.15) is 50.7 Å². The molecule has 1 aliphatic heterocycles. The Morgan fingerprint density at radius 2 is 1.45 bits per heavy atom. The highest BCUT2D eigenvalue weighted by atomic mass is 16.5. The average Bonchev–Trinajstić information content (AvgIpc) is 3.13. The number of ether oxygens (including phenoxy) is 3. The van der Waals surface area contributed by atoms with Gasteiger partial charge in [0.05, 0.1) is 26.0 Å². The highest BCUT2D eigenvalue weighted by molar-refractivity contribution is 5.70. The van der Waals surface area contributed by atoms with Crippen molar-refractivity contribution in [3.8, 4) is 28.5 Å². The van der Waals surface area contributed by atoms with Crippen LogP contribution in [0.15, 0.2) is 121 Å². The topological polar surface area (TPSA) is 47.1 Å². The quantitative estimate of drug-likeness (QED) is 0.143. The van der Waals surface area contributed by atoms with E-state index in [0.717, 1.165) is 80.4 Å². The number of hydrogen-bond acceptors (Lipinski definition) is 6. The van der Waals surface area contributed by atoms with Crippen LogP contribution in [0.3, 0.4) is 0 Å². The molecule has 2 aliphatic rings. The number of allylic oxidation sites excluding steroid dienone is 4. The van der Waals surface area contributed by atoms with Gasteiger partial charge in [0.25, 0.3) is 0 Å². The highest BCUT2D eigenvalue weighted by Gasteiger charge is 2.26. The molecule has 0 atom stereocenters. The minimum atomic E-state index is 0.430. The van der Waals surface area contributed by atoms with Gasteiger partial charge in [0.2, 0.25) is 0 Å². The number of piperidine rings is 1. The van der Waals surface area contributed by atoms with E-state index >= 15 is 0 Å². The van der Waals surface area contributed by atoms with Gasteiger partial charge in [-0.2, -0.15) is 0 Å². The molecular formula is C43H49N3O3. The lowest BCUT2D eigenvalue weighted by molar-refractivity contribution is 0.202. The predicted octanol–water partition coefficient (Wildman–Crippen LogP) is 9.39. The minimum absolute atomic E-state index is 0.430. The van der Waals surface area contributed by atoms with Gasteiger partial charge >= 0.3 is 0 Å². The molecule has 4 aromatic rings. The summed E-state index contributed by atoms with van der Waals surface area (Å²) in [6.07, 6.45) is 15.4. The summed E-state index contributed by atoms with van der Waals surface area (Å²) in [6.45, 7) is 9.23. The molecule has 1 aromatic heterocycles. The molecule has 3 aromatic carbocycles. The summed E-state index contributed by atoms with van der Waals surface area (Å²) in [6, 6.07) is 30.2. The number of pyridine rings is 1. The van der Waals surface area contributed by atoms with Crippen molar-refractivity contribution in [2.45, 2.75) is 52.1 Å². The minimum Gasteiger partial charge on any atom is -0.497 e. The van der Waals surface area contributed by atoms with E-state index in [0.29, 0.717) is 19.3 Å². The summed E-state index contributed by atoms with van der Waals surface area (Å²) in [5, 5.41) is 0. The number of likely N-dealkylation sites (tertiary alicyclic amines) is 1. The Kier molecular flexibility index (Phi) is 11.8. The van der Waals surface area contributed by atoms with Gasteiger partial charge < -0.3 is 19.1 Å². The van der Waals surface area contributed by atoms with E-state index in [1.165, 1.54) is 28.0 Å². The largest absolute Gasteiger partial charge is 0.497 e. The lowest BCUT2D eigenvalue weighted by Gasteiger charge is -2.40. The third-order valence-electron chi connectivity index (χ3n) is 9.37. The molecule has 6 heteroatoms. The predicted molar refractivity (Wildman–Crippen MR) is 202 cm³/mol. The van der Waals surface area contributed by atoms with E-state index < -0.39 is 0 Å². The zero-order valence-corrected chi connectivity index (χ0v) is 29.2. The van der Waals surface area contributed by atoms with Crippen molar-refractivity contribution in [2.24, 2.45) is 0 Å². The molecule has 0 spiro atoms. The standard InChI is InChI=1S/C43H49N3O3/c1-4-48-41-17-11-35(12-18-41)37-10-8-6-7-9-33(29-37)32-46(38-15-21-40(47-3)22-16-38)39-24-27-45(28-25-39)31-34-23-26-44-43(30-34)36-13-19-42(20-14-36)49-5-2/h6-7,9,11-23,26,29-30,39H,4-5,8,10,24-25,27-28,31-32H2,1-3H3/b7-6-,33-9+,37-29+. The fourth-order valence-corrected chi connectivity index (χ4v) is 6.80. The molecule has 0 radical (unpaired) electrons. The van der Waals surface area contributed by atoms with Crippen LogP contribution in [0.4, 0.5) is 5.69 Å². The SMILES string of the molecule is CCOc1ccc(/C2=C/C(CN(c3ccc(OC)cc3)C3CCN(Cc4ccnc(-c5ccc(OCC)cc5)c4)CC3)=C\C=C/CC2)cc1. The normalized spacial score (nSPS) is 18.3. The number of rotatable bonds is 13. The third-order valence-corrected chi connectivity index (χ3v) is 9.37. The smallest absolute Gasteiger partial charge is 0.119 e. The van der Waals surface area contributed by atoms with Gasteiger partial charge in [0, 0.05) is 49.7 Å². The van der Waals surface area contributed by atoms with Crippen LogP contribution in [0.2, 0.25) is 0 Å². The molecule has 2 heterocycles. The molecule has 0 saturated carbocycles. The van der Waals surface area contributed by atoms with Crippen molar-refractivity contribution in [3.05, 3.63) is 132 Å². The fraction of sp³-hybridized carbons (Fsp3) is 0.326. The van der Waals surface area contributed by atoms with Crippen molar-refractivity contribution in [1.82, 2.24) is 9.88 Å². The average molecular weight is 656 g/mol. The molecule has 1 fully saturated rings. The molecule has 0 amide bonds. The van der Waals surface area contributed by atoms with Gasteiger partial charge in [-0.05, 0) is 135 Å². The van der Waals surface area contributed by atoms with Gasteiger partial charge in [0.1, 0.15) is 17.2 Å². The van der Waals surface area contributed by atoms with Crippen molar-refractivity contribution in [2.75, 3.05) is 44.9 Å². The van der Waals surface area contributed by atoms with Crippen molar-refractivity contribution >= 4 is 11.3 Å². The fourth-order valence-electron chi connectivity index (χ4n) is 6.80. The Labute approximate surface area is 292 Å². The van der Waals surface area contributed by atoms with E-state index in [4.69, 9.17) is 14.2 Å². The Hall–Kier alpha value is -4.81. The summed E-state index contributed by atoms with van der Waals surface area (Å²) in [5.41, 5.74) is 8.58. The Morgan fingerprint density at radius 1 is 0.796 bits per heavy atom.